The molecule has 2 rings (SSSR count). The third kappa shape index (κ3) is 2.22. The Morgan fingerprint density at radius 2 is 2.06 bits per heavy atom. The number of thioether (sulfide) groups is 1. The van der Waals surface area contributed by atoms with E-state index in [1.807, 2.05) is 0 Å². The Labute approximate surface area is 111 Å². The van der Waals surface area contributed by atoms with Gasteiger partial charge in [-0.25, -0.2) is 22.0 Å². The fourth-order valence-electron chi connectivity index (χ4n) is 2.29. The van der Waals surface area contributed by atoms with Gasteiger partial charge in [-0.2, -0.15) is 0 Å². The minimum Gasteiger partial charge on any atom is -0.313 e. The molecule has 0 bridgehead atoms. The van der Waals surface area contributed by atoms with Crippen LogP contribution in [0.25, 0.3) is 0 Å². The van der Waals surface area contributed by atoms with Crippen molar-refractivity contribution in [3.8, 4) is 0 Å². The second-order valence-electron chi connectivity index (χ2n) is 4.59. The highest BCUT2D eigenvalue weighted by Crippen LogP contribution is 2.48. The summed E-state index contributed by atoms with van der Waals surface area (Å²) in [6.45, 7) is 1.65. The van der Waals surface area contributed by atoms with Crippen molar-refractivity contribution in [2.75, 3.05) is 7.05 Å². The van der Waals surface area contributed by atoms with Crippen LogP contribution in [0.2, 0.25) is 0 Å². The third-order valence-corrected chi connectivity index (χ3v) is 9.29. The second-order valence-corrected chi connectivity index (χ2v) is 10.4. The lowest BCUT2D eigenvalue weighted by Gasteiger charge is -2.28. The summed E-state index contributed by atoms with van der Waals surface area (Å²) < 4.78 is 46.5. The number of hydrogen-bond donors (Lipinski definition) is 2. The maximum absolute atomic E-state index is 12.2. The van der Waals surface area contributed by atoms with E-state index in [4.69, 9.17) is 5.14 Å². The van der Waals surface area contributed by atoms with Gasteiger partial charge in [-0.1, -0.05) is 11.8 Å². The van der Waals surface area contributed by atoms with Gasteiger partial charge in [0.15, 0.2) is 9.84 Å². The molecule has 0 aromatic rings. The first-order chi connectivity index (χ1) is 8.17. The predicted octanol–water partition coefficient (Wildman–Crippen LogP) is -0.255. The quantitative estimate of drug-likeness (QED) is 0.728. The van der Waals surface area contributed by atoms with E-state index in [9.17, 15) is 16.8 Å². The van der Waals surface area contributed by atoms with Crippen molar-refractivity contribution in [3.05, 3.63) is 9.81 Å². The van der Waals surface area contributed by atoms with Gasteiger partial charge < -0.3 is 5.32 Å². The van der Waals surface area contributed by atoms with Crippen molar-refractivity contribution in [2.24, 2.45) is 5.14 Å². The summed E-state index contributed by atoms with van der Waals surface area (Å²) in [4.78, 5) is 0. The summed E-state index contributed by atoms with van der Waals surface area (Å²) in [5.41, 5.74) is 0.666. The normalized spacial score (nSPS) is 35.6. The van der Waals surface area contributed by atoms with E-state index in [1.165, 1.54) is 0 Å². The molecule has 0 aromatic carbocycles. The first-order valence-corrected chi connectivity index (χ1v) is 9.54. The van der Waals surface area contributed by atoms with Crippen LogP contribution in [0.4, 0.5) is 0 Å². The molecule has 2 aliphatic heterocycles. The lowest BCUT2D eigenvalue weighted by atomic mass is 10.0. The van der Waals surface area contributed by atoms with Crippen molar-refractivity contribution in [2.45, 2.75) is 35.6 Å². The van der Waals surface area contributed by atoms with Crippen LogP contribution in [0.15, 0.2) is 9.81 Å². The first kappa shape index (κ1) is 14.3. The predicted molar refractivity (Wildman–Crippen MR) is 72.0 cm³/mol. The maximum atomic E-state index is 12.2. The molecule has 0 fully saturated rings. The van der Waals surface area contributed by atoms with Crippen LogP contribution < -0.4 is 10.5 Å². The van der Waals surface area contributed by atoms with Crippen LogP contribution in [0.3, 0.4) is 0 Å². The van der Waals surface area contributed by atoms with Crippen LogP contribution in [-0.2, 0) is 19.9 Å². The average molecular weight is 312 g/mol. The summed E-state index contributed by atoms with van der Waals surface area (Å²) in [6, 6.07) is -0.0854. The van der Waals surface area contributed by atoms with Gasteiger partial charge >= 0.3 is 0 Å². The standard InChI is InChI=1S/C9H16N2O4S3/c1-5-3-7(11-2)6-4-8(18(10,14)15)16-9(6)17(5,12)13/h5,7-8,11H,3-4H2,1-2H3,(H2,10,14,15)/t5-,7-,8?/m0/s1. The molecule has 0 aromatic heterocycles. The van der Waals surface area contributed by atoms with Crippen molar-refractivity contribution in [1.82, 2.24) is 5.32 Å². The molecule has 1 unspecified atom stereocenters. The van der Waals surface area contributed by atoms with E-state index in [2.05, 4.69) is 5.32 Å². The summed E-state index contributed by atoms with van der Waals surface area (Å²) in [5, 5.41) is 7.66. The van der Waals surface area contributed by atoms with Gasteiger partial charge in [-0.3, -0.25) is 0 Å². The number of nitrogens with two attached hydrogens (primary N) is 1. The Balaban J connectivity index is 2.45. The Morgan fingerprint density at radius 1 is 1.44 bits per heavy atom. The maximum Gasteiger partial charge on any atom is 0.222 e. The minimum absolute atomic E-state index is 0.0854. The molecule has 3 N–H and O–H groups in total. The summed E-state index contributed by atoms with van der Waals surface area (Å²) in [7, 11) is -5.38. The summed E-state index contributed by atoms with van der Waals surface area (Å²) in [6.07, 6.45) is 0.659. The van der Waals surface area contributed by atoms with Gasteiger partial charge in [-0.15, -0.1) is 0 Å². The fourth-order valence-corrected chi connectivity index (χ4v) is 7.37. The van der Waals surface area contributed by atoms with Crippen molar-refractivity contribution >= 4 is 31.6 Å². The van der Waals surface area contributed by atoms with E-state index >= 15 is 0 Å². The largest absolute Gasteiger partial charge is 0.313 e. The van der Waals surface area contributed by atoms with E-state index in [0.29, 0.717) is 12.0 Å². The van der Waals surface area contributed by atoms with Crippen LogP contribution in [0.1, 0.15) is 19.8 Å². The number of nitrogens with one attached hydrogen (secondary N) is 1. The Bertz CT molecular complexity index is 593. The Kier molecular flexibility index (Phi) is 3.56. The van der Waals surface area contributed by atoms with E-state index < -0.39 is 29.7 Å². The zero-order valence-corrected chi connectivity index (χ0v) is 12.5. The van der Waals surface area contributed by atoms with Gasteiger partial charge in [0.2, 0.25) is 10.0 Å². The third-order valence-electron chi connectivity index (χ3n) is 3.38. The molecular formula is C9H16N2O4S3. The van der Waals surface area contributed by atoms with E-state index in [-0.39, 0.29) is 16.7 Å². The lowest BCUT2D eigenvalue weighted by molar-refractivity contribution is 0.527. The van der Waals surface area contributed by atoms with Crippen LogP contribution in [0.5, 0.6) is 0 Å². The van der Waals surface area contributed by atoms with Crippen molar-refractivity contribution in [1.29, 1.82) is 0 Å². The average Bonchev–Trinajstić information content (AvgIpc) is 2.69. The number of likely N-dealkylation sites (N-methyl/N-ethyl adjacent to an activating group) is 1. The molecule has 2 aliphatic rings. The van der Waals surface area contributed by atoms with Gasteiger partial charge in [0.25, 0.3) is 0 Å². The molecule has 3 atom stereocenters. The number of sulfone groups is 1. The SMILES string of the molecule is CN[C@H]1C[C@H](C)S(=O)(=O)C2=C1CC(S(N)(=O)=O)S2. The topological polar surface area (TPSA) is 106 Å². The van der Waals surface area contributed by atoms with E-state index in [1.54, 1.807) is 14.0 Å². The number of primary sulfonamides is 1. The fraction of sp³-hybridized carbons (Fsp3) is 0.778. The Hall–Kier alpha value is -0.0900. The van der Waals surface area contributed by atoms with Crippen molar-refractivity contribution in [3.63, 3.8) is 0 Å². The molecule has 0 amide bonds. The molecule has 0 saturated carbocycles. The molecule has 2 heterocycles. The summed E-state index contributed by atoms with van der Waals surface area (Å²) in [5.74, 6) is 0. The van der Waals surface area contributed by atoms with Crippen LogP contribution in [0, 0.1) is 0 Å². The highest BCUT2D eigenvalue weighted by atomic mass is 32.3. The highest BCUT2D eigenvalue weighted by Gasteiger charge is 2.46. The molecule has 0 spiro atoms. The molecule has 104 valence electrons. The lowest BCUT2D eigenvalue weighted by Crippen LogP contribution is -2.38. The zero-order chi connectivity index (χ0) is 13.7. The van der Waals surface area contributed by atoms with E-state index in [0.717, 1.165) is 11.8 Å². The monoisotopic (exact) mass is 312 g/mol. The molecule has 6 nitrogen and oxygen atoms in total. The number of hydrogen-bond acceptors (Lipinski definition) is 6. The molecule has 0 aliphatic carbocycles. The molecular weight excluding hydrogens is 296 g/mol. The van der Waals surface area contributed by atoms with Crippen LogP contribution in [-0.4, -0.2) is 39.8 Å². The first-order valence-electron chi connectivity index (χ1n) is 5.50. The van der Waals surface area contributed by atoms with Gasteiger partial charge in [0, 0.05) is 6.04 Å². The highest BCUT2D eigenvalue weighted by molar-refractivity contribution is 8.24. The molecule has 18 heavy (non-hydrogen) atoms. The number of sulfonamides is 1. The van der Waals surface area contributed by atoms with Gasteiger partial charge in [-0.05, 0) is 32.4 Å². The minimum atomic E-state index is -3.73. The van der Waals surface area contributed by atoms with Crippen molar-refractivity contribution < 1.29 is 16.8 Å². The smallest absolute Gasteiger partial charge is 0.222 e. The molecule has 0 saturated heterocycles. The summed E-state index contributed by atoms with van der Waals surface area (Å²) >= 11 is 0.870. The van der Waals surface area contributed by atoms with Gasteiger partial charge in [0.1, 0.15) is 8.82 Å². The number of rotatable bonds is 2. The van der Waals surface area contributed by atoms with Gasteiger partial charge in [0.05, 0.1) is 5.25 Å². The zero-order valence-electron chi connectivity index (χ0n) is 10.1. The molecule has 9 heteroatoms. The molecule has 0 radical (unpaired) electrons. The second kappa shape index (κ2) is 4.48. The Morgan fingerprint density at radius 3 is 2.56 bits per heavy atom. The van der Waals surface area contributed by atoms with Crippen LogP contribution >= 0.6 is 11.8 Å².